The number of anilines is 1. The van der Waals surface area contributed by atoms with Crippen LogP contribution >= 0.6 is 15.9 Å². The Labute approximate surface area is 147 Å². The van der Waals surface area contributed by atoms with Gasteiger partial charge in [0, 0.05) is 22.8 Å². The molecule has 0 unspecified atom stereocenters. The monoisotopic (exact) mass is 386 g/mol. The van der Waals surface area contributed by atoms with Gasteiger partial charge in [-0.15, -0.1) is 6.58 Å². The van der Waals surface area contributed by atoms with Crippen LogP contribution in [0.1, 0.15) is 22.5 Å². The Bertz CT molecular complexity index is 822. The van der Waals surface area contributed by atoms with Crippen molar-refractivity contribution in [3.8, 4) is 0 Å². The maximum absolute atomic E-state index is 12.8. The highest BCUT2D eigenvalue weighted by Crippen LogP contribution is 2.43. The second kappa shape index (κ2) is 6.30. The lowest BCUT2D eigenvalue weighted by molar-refractivity contribution is -0.135. The number of rotatable bonds is 5. The number of ketones is 1. The molecule has 3 rings (SSSR count). The zero-order valence-electron chi connectivity index (χ0n) is 12.8. The number of halogens is 1. The van der Waals surface area contributed by atoms with Crippen LogP contribution in [-0.2, 0) is 10.4 Å². The molecule has 5 nitrogen and oxygen atoms in total. The molecule has 2 aromatic rings. The number of fused-ring (bicyclic) bond motifs is 1. The van der Waals surface area contributed by atoms with Gasteiger partial charge >= 0.3 is 0 Å². The molecular weight excluding hydrogens is 372 g/mol. The molecule has 6 heteroatoms. The van der Waals surface area contributed by atoms with E-state index in [1.54, 1.807) is 42.5 Å². The molecule has 1 aliphatic heterocycles. The van der Waals surface area contributed by atoms with E-state index in [-0.39, 0.29) is 18.7 Å². The first-order chi connectivity index (χ1) is 11.5. The van der Waals surface area contributed by atoms with Crippen molar-refractivity contribution >= 4 is 33.3 Å². The number of carbonyl (C=O) groups is 2. The Hall–Kier alpha value is -2.31. The fourth-order valence-electron chi connectivity index (χ4n) is 2.85. The summed E-state index contributed by atoms with van der Waals surface area (Å²) < 4.78 is 0.721. The molecule has 122 valence electrons. The van der Waals surface area contributed by atoms with Crippen LogP contribution in [0.3, 0.4) is 0 Å². The largest absolute Gasteiger partial charge is 0.375 e. The summed E-state index contributed by atoms with van der Waals surface area (Å²) in [6.07, 6.45) is 2.72. The maximum Gasteiger partial charge on any atom is 0.264 e. The lowest BCUT2D eigenvalue weighted by Crippen LogP contribution is -2.42. The van der Waals surface area contributed by atoms with Crippen molar-refractivity contribution in [1.82, 2.24) is 4.98 Å². The summed E-state index contributed by atoms with van der Waals surface area (Å²) in [4.78, 5) is 30.7. The number of nitrogens with zero attached hydrogens (tertiary/aromatic N) is 2. The summed E-state index contributed by atoms with van der Waals surface area (Å²) in [5.41, 5.74) is -0.693. The molecule has 24 heavy (non-hydrogen) atoms. The molecule has 0 spiro atoms. The van der Waals surface area contributed by atoms with Crippen molar-refractivity contribution in [2.75, 3.05) is 11.4 Å². The Morgan fingerprint density at radius 1 is 1.38 bits per heavy atom. The molecule has 2 heterocycles. The minimum Gasteiger partial charge on any atom is -0.375 e. The Morgan fingerprint density at radius 2 is 2.17 bits per heavy atom. The second-order valence-electron chi connectivity index (χ2n) is 5.54. The van der Waals surface area contributed by atoms with Crippen molar-refractivity contribution in [2.45, 2.75) is 12.0 Å². The van der Waals surface area contributed by atoms with Gasteiger partial charge < -0.3 is 10.0 Å². The van der Waals surface area contributed by atoms with Crippen molar-refractivity contribution in [1.29, 1.82) is 0 Å². The second-order valence-corrected chi connectivity index (χ2v) is 6.46. The van der Waals surface area contributed by atoms with Gasteiger partial charge in [0.2, 0.25) is 0 Å². The molecule has 0 fully saturated rings. The normalized spacial score (nSPS) is 19.2. The minimum absolute atomic E-state index is 0.220. The maximum atomic E-state index is 12.8. The Kier molecular flexibility index (Phi) is 4.34. The van der Waals surface area contributed by atoms with Crippen molar-refractivity contribution in [3.05, 3.63) is 71.0 Å². The highest BCUT2D eigenvalue weighted by molar-refractivity contribution is 9.10. The summed E-state index contributed by atoms with van der Waals surface area (Å²) in [5.74, 6) is -0.919. The topological polar surface area (TPSA) is 70.5 Å². The van der Waals surface area contributed by atoms with E-state index in [4.69, 9.17) is 0 Å². The van der Waals surface area contributed by atoms with Gasteiger partial charge in [-0.05, 0) is 30.3 Å². The number of pyridine rings is 1. The SMILES string of the molecule is C=CCN1C(=O)[C@](O)(CC(=O)c2ccccn2)c2cc(Br)ccc21. The third-order valence-electron chi connectivity index (χ3n) is 3.97. The van der Waals surface area contributed by atoms with Crippen LogP contribution < -0.4 is 4.90 Å². The molecule has 1 atom stereocenters. The zero-order chi connectivity index (χ0) is 17.3. The average molecular weight is 387 g/mol. The van der Waals surface area contributed by atoms with E-state index in [0.29, 0.717) is 11.3 Å². The van der Waals surface area contributed by atoms with E-state index in [1.807, 2.05) is 0 Å². The summed E-state index contributed by atoms with van der Waals surface area (Å²) in [5, 5.41) is 11.1. The van der Waals surface area contributed by atoms with Crippen LogP contribution in [0.5, 0.6) is 0 Å². The summed E-state index contributed by atoms with van der Waals surface area (Å²) in [7, 11) is 0. The smallest absolute Gasteiger partial charge is 0.264 e. The summed E-state index contributed by atoms with van der Waals surface area (Å²) in [6.45, 7) is 3.90. The van der Waals surface area contributed by atoms with Crippen molar-refractivity contribution < 1.29 is 14.7 Å². The lowest BCUT2D eigenvalue weighted by atomic mass is 9.89. The molecular formula is C18H15BrN2O3. The molecule has 0 saturated heterocycles. The van der Waals surface area contributed by atoms with Gasteiger partial charge in [-0.1, -0.05) is 28.1 Å². The number of Topliss-reactive ketones (excluding diaryl/α,β-unsaturated/α-hetero) is 1. The van der Waals surface area contributed by atoms with Crippen LogP contribution in [-0.4, -0.2) is 28.3 Å². The molecule has 1 amide bonds. The van der Waals surface area contributed by atoms with E-state index < -0.39 is 17.3 Å². The van der Waals surface area contributed by atoms with E-state index in [9.17, 15) is 14.7 Å². The fraction of sp³-hybridized carbons (Fsp3) is 0.167. The summed E-state index contributed by atoms with van der Waals surface area (Å²) >= 11 is 3.35. The Morgan fingerprint density at radius 3 is 2.83 bits per heavy atom. The number of aliphatic hydroxyl groups is 1. The predicted octanol–water partition coefficient (Wildman–Crippen LogP) is 2.84. The first kappa shape index (κ1) is 16.5. The number of hydrogen-bond acceptors (Lipinski definition) is 4. The molecule has 1 aliphatic rings. The first-order valence-electron chi connectivity index (χ1n) is 7.37. The molecule has 1 aromatic heterocycles. The number of hydrogen-bond donors (Lipinski definition) is 1. The third-order valence-corrected chi connectivity index (χ3v) is 4.47. The molecule has 0 aliphatic carbocycles. The van der Waals surface area contributed by atoms with Crippen LogP contribution in [0, 0.1) is 0 Å². The molecule has 0 radical (unpaired) electrons. The van der Waals surface area contributed by atoms with Gasteiger partial charge in [-0.3, -0.25) is 14.6 Å². The van der Waals surface area contributed by atoms with Gasteiger partial charge in [0.05, 0.1) is 12.1 Å². The van der Waals surface area contributed by atoms with Crippen LogP contribution in [0.15, 0.2) is 59.7 Å². The van der Waals surface area contributed by atoms with E-state index in [1.165, 1.54) is 11.1 Å². The number of benzene rings is 1. The fourth-order valence-corrected chi connectivity index (χ4v) is 3.22. The van der Waals surface area contributed by atoms with Gasteiger partial charge in [0.1, 0.15) is 5.69 Å². The molecule has 1 N–H and O–H groups in total. The van der Waals surface area contributed by atoms with Gasteiger partial charge in [-0.25, -0.2) is 0 Å². The number of carbonyl (C=O) groups excluding carboxylic acids is 2. The van der Waals surface area contributed by atoms with E-state index in [0.717, 1.165) is 4.47 Å². The van der Waals surface area contributed by atoms with Crippen molar-refractivity contribution in [2.24, 2.45) is 0 Å². The van der Waals surface area contributed by atoms with Gasteiger partial charge in [-0.2, -0.15) is 0 Å². The highest BCUT2D eigenvalue weighted by Gasteiger charge is 2.50. The lowest BCUT2D eigenvalue weighted by Gasteiger charge is -2.22. The standard InChI is InChI=1S/C18H15BrN2O3/c1-2-9-21-15-7-6-12(19)10-13(15)18(24,17(21)23)11-16(22)14-5-3-4-8-20-14/h2-8,10,24H,1,9,11H2/t18-/m0/s1. The average Bonchev–Trinajstić information content (AvgIpc) is 2.78. The van der Waals surface area contributed by atoms with E-state index in [2.05, 4.69) is 27.5 Å². The van der Waals surface area contributed by atoms with Crippen LogP contribution in [0.4, 0.5) is 5.69 Å². The van der Waals surface area contributed by atoms with Crippen molar-refractivity contribution in [3.63, 3.8) is 0 Å². The number of aromatic nitrogens is 1. The van der Waals surface area contributed by atoms with Crippen LogP contribution in [0.25, 0.3) is 0 Å². The molecule has 0 bridgehead atoms. The predicted molar refractivity (Wildman–Crippen MR) is 93.8 cm³/mol. The minimum atomic E-state index is -1.91. The summed E-state index contributed by atoms with van der Waals surface area (Å²) in [6, 6.07) is 10.1. The first-order valence-corrected chi connectivity index (χ1v) is 8.16. The Balaban J connectivity index is 2.03. The molecule has 0 saturated carbocycles. The van der Waals surface area contributed by atoms with Gasteiger partial charge in [0.25, 0.3) is 5.91 Å². The molecule has 1 aromatic carbocycles. The van der Waals surface area contributed by atoms with E-state index >= 15 is 0 Å². The quantitative estimate of drug-likeness (QED) is 0.633. The number of amides is 1. The van der Waals surface area contributed by atoms with Crippen LogP contribution in [0.2, 0.25) is 0 Å². The third kappa shape index (κ3) is 2.68. The zero-order valence-corrected chi connectivity index (χ0v) is 14.4. The highest BCUT2D eigenvalue weighted by atomic mass is 79.9. The van der Waals surface area contributed by atoms with Gasteiger partial charge in [0.15, 0.2) is 11.4 Å².